The lowest BCUT2D eigenvalue weighted by molar-refractivity contribution is -0.0163. The van der Waals surface area contributed by atoms with Gasteiger partial charge in [0.2, 0.25) is 0 Å². The lowest BCUT2D eigenvalue weighted by Crippen LogP contribution is -2.42. The summed E-state index contributed by atoms with van der Waals surface area (Å²) in [5.41, 5.74) is 3.02. The van der Waals surface area contributed by atoms with Crippen molar-refractivity contribution < 1.29 is 47.6 Å². The van der Waals surface area contributed by atoms with Gasteiger partial charge in [-0.25, -0.2) is 23.3 Å². The van der Waals surface area contributed by atoms with Gasteiger partial charge in [-0.1, -0.05) is 6.07 Å². The first-order chi connectivity index (χ1) is 33.4. The van der Waals surface area contributed by atoms with E-state index in [1.165, 1.54) is 54.7 Å². The molecule has 21 heteroatoms. The molecule has 3 aromatic heterocycles. The molecule has 19 nitrogen and oxygen atoms in total. The summed E-state index contributed by atoms with van der Waals surface area (Å²) < 4.78 is 43.6. The van der Waals surface area contributed by atoms with E-state index in [1.54, 1.807) is 48.5 Å². The summed E-state index contributed by atoms with van der Waals surface area (Å²) >= 11 is 0. The molecule has 0 spiro atoms. The Bertz CT molecular complexity index is 3050. The molecular formula is C49H53F2N11O8. The summed E-state index contributed by atoms with van der Waals surface area (Å²) in [6.07, 6.45) is -1.23. The van der Waals surface area contributed by atoms with Crippen molar-refractivity contribution in [2.75, 3.05) is 79.5 Å². The third-order valence-corrected chi connectivity index (χ3v) is 13.5. The Labute approximate surface area is 400 Å². The quantitative estimate of drug-likeness (QED) is 0.107. The molecule has 0 saturated carbocycles. The third-order valence-electron chi connectivity index (χ3n) is 13.5. The number of imidazole rings is 1. The Morgan fingerprint density at radius 2 is 1.40 bits per heavy atom. The summed E-state index contributed by atoms with van der Waals surface area (Å²) in [4.78, 5) is 74.7. The standard InChI is InChI=1S/C49H53F2N11O8/c1-48(2,67)40(50)23-60-20-28-14-34(36(18-31(28)46(60)65)58-8-11-69-12-9-58)57-45(64)38-16-27(17-42-53-26-55-62(38)42)39-22-59(10-13-70-39)37-19-32-29(21-61(47(32)66)24-41(51)49(3,4)68)15-35(37)56-44(63)30-6-5-7-33-43(30)54-25-52-33/h5-7,14-19,25-26,39-41,67-68H,8-13,20-24H2,1-4H3,(H,52,54)(H,56,63)(H,57,64)/t39?,40-,41-/m1/s1. The number of alkyl halides is 2. The van der Waals surface area contributed by atoms with Crippen molar-refractivity contribution in [2.45, 2.75) is 70.4 Å². The number of nitrogens with one attached hydrogen (secondary N) is 3. The third kappa shape index (κ3) is 8.89. The number of H-pyrrole nitrogens is 1. The number of anilines is 4. The number of para-hydroxylation sites is 1. The predicted molar refractivity (Wildman–Crippen MR) is 254 cm³/mol. The summed E-state index contributed by atoms with van der Waals surface area (Å²) in [5.74, 6) is -1.76. The van der Waals surface area contributed by atoms with Gasteiger partial charge in [0.1, 0.15) is 36.0 Å². The number of hydrogen-bond donors (Lipinski definition) is 5. The smallest absolute Gasteiger partial charge is 0.274 e. The number of carbonyl (C=O) groups excluding carboxylic acids is 4. The molecule has 2 fully saturated rings. The highest BCUT2D eigenvalue weighted by Crippen LogP contribution is 2.39. The lowest BCUT2D eigenvalue weighted by Gasteiger charge is -2.36. The number of pyridine rings is 1. The van der Waals surface area contributed by atoms with Crippen LogP contribution in [0.1, 0.15) is 92.1 Å². The molecule has 3 aromatic carbocycles. The zero-order valence-corrected chi connectivity index (χ0v) is 39.0. The van der Waals surface area contributed by atoms with Gasteiger partial charge < -0.3 is 54.9 Å². The first-order valence-corrected chi connectivity index (χ1v) is 23.1. The molecular weight excluding hydrogens is 909 g/mol. The summed E-state index contributed by atoms with van der Waals surface area (Å²) in [7, 11) is 0. The Balaban J connectivity index is 0.957. The number of carbonyl (C=O) groups is 4. The molecule has 4 aliphatic heterocycles. The van der Waals surface area contributed by atoms with Crippen LogP contribution in [0.4, 0.5) is 31.5 Å². The van der Waals surface area contributed by atoms with Crippen LogP contribution < -0.4 is 20.4 Å². The number of aliphatic hydroxyl groups is 2. The fraction of sp³-hybridized carbons (Fsp3) is 0.408. The Hall–Kier alpha value is -7.07. The van der Waals surface area contributed by atoms with E-state index in [0.29, 0.717) is 106 Å². The molecule has 0 bridgehead atoms. The molecule has 7 heterocycles. The van der Waals surface area contributed by atoms with Crippen molar-refractivity contribution in [1.29, 1.82) is 0 Å². The first-order valence-electron chi connectivity index (χ1n) is 23.1. The SMILES string of the molecule is CC(C)(O)[C@H](F)CN1Cc2cc(NC(=O)c3cccc4[nH]cnc34)c(N3CCOC(c4cc(C(=O)Nc5cc6c(cc5N5CCOCC5)C(=O)N(C[C@@H](F)C(C)(C)O)C6)n5ncnc5c4)C3)cc2C1=O. The van der Waals surface area contributed by atoms with Gasteiger partial charge in [-0.3, -0.25) is 19.2 Å². The van der Waals surface area contributed by atoms with Crippen LogP contribution in [-0.2, 0) is 22.6 Å². The fourth-order valence-corrected chi connectivity index (χ4v) is 9.36. The average molecular weight is 962 g/mol. The average Bonchev–Trinajstić information content (AvgIpc) is 4.14. The zero-order valence-electron chi connectivity index (χ0n) is 39.0. The molecule has 4 amide bonds. The van der Waals surface area contributed by atoms with Crippen molar-refractivity contribution in [3.63, 3.8) is 0 Å². The van der Waals surface area contributed by atoms with Crippen LogP contribution in [-0.4, -0.2) is 151 Å². The Morgan fingerprint density at radius 3 is 2.03 bits per heavy atom. The van der Waals surface area contributed by atoms with Gasteiger partial charge in [0.05, 0.1) is 84.3 Å². The van der Waals surface area contributed by atoms with E-state index in [1.807, 2.05) is 15.9 Å². The summed E-state index contributed by atoms with van der Waals surface area (Å²) in [6, 6.07) is 15.5. The van der Waals surface area contributed by atoms with Crippen LogP contribution in [0.15, 0.2) is 67.3 Å². The maximum atomic E-state index is 15.2. The van der Waals surface area contributed by atoms with Crippen LogP contribution in [0.3, 0.4) is 0 Å². The summed E-state index contributed by atoms with van der Waals surface area (Å²) in [5, 5.41) is 31.1. The van der Waals surface area contributed by atoms with Crippen LogP contribution in [0.5, 0.6) is 0 Å². The molecule has 0 radical (unpaired) electrons. The minimum atomic E-state index is -1.72. The highest BCUT2D eigenvalue weighted by atomic mass is 19.1. The molecule has 2 saturated heterocycles. The van der Waals surface area contributed by atoms with E-state index in [9.17, 15) is 29.4 Å². The molecule has 5 N–H and O–H groups in total. The number of halogens is 2. The van der Waals surface area contributed by atoms with E-state index in [0.717, 1.165) is 0 Å². The molecule has 6 aromatic rings. The van der Waals surface area contributed by atoms with Crippen LogP contribution in [0, 0.1) is 0 Å². The molecule has 1 unspecified atom stereocenters. The minimum Gasteiger partial charge on any atom is -0.387 e. The van der Waals surface area contributed by atoms with Crippen molar-refractivity contribution in [3.8, 4) is 0 Å². The second kappa shape index (κ2) is 18.0. The zero-order chi connectivity index (χ0) is 49.2. The second-order valence-electron chi connectivity index (χ2n) is 19.3. The van der Waals surface area contributed by atoms with E-state index >= 15 is 8.78 Å². The normalized spacial score (nSPS) is 18.4. The predicted octanol–water partition coefficient (Wildman–Crippen LogP) is 4.65. The number of amides is 4. The second-order valence-corrected chi connectivity index (χ2v) is 19.3. The largest absolute Gasteiger partial charge is 0.387 e. The van der Waals surface area contributed by atoms with Crippen molar-refractivity contribution >= 4 is 63.1 Å². The molecule has 366 valence electrons. The Kier molecular flexibility index (Phi) is 12.0. The lowest BCUT2D eigenvalue weighted by atomic mass is 10.0. The van der Waals surface area contributed by atoms with Crippen molar-refractivity contribution in [3.05, 3.63) is 106 Å². The summed E-state index contributed by atoms with van der Waals surface area (Å²) in [6.45, 7) is 7.52. The maximum absolute atomic E-state index is 15.2. The van der Waals surface area contributed by atoms with Gasteiger partial charge in [0.25, 0.3) is 23.6 Å². The van der Waals surface area contributed by atoms with Gasteiger partial charge in [-0.15, -0.1) is 0 Å². The molecule has 70 heavy (non-hydrogen) atoms. The first kappa shape index (κ1) is 46.6. The van der Waals surface area contributed by atoms with Gasteiger partial charge in [-0.05, 0) is 92.9 Å². The number of aromatic nitrogens is 5. The highest BCUT2D eigenvalue weighted by molar-refractivity contribution is 6.13. The number of fused-ring (bicyclic) bond motifs is 4. The van der Waals surface area contributed by atoms with Gasteiger partial charge >= 0.3 is 0 Å². The van der Waals surface area contributed by atoms with Crippen molar-refractivity contribution in [2.24, 2.45) is 0 Å². The highest BCUT2D eigenvalue weighted by Gasteiger charge is 2.38. The maximum Gasteiger partial charge on any atom is 0.274 e. The number of aromatic amines is 1. The van der Waals surface area contributed by atoms with Crippen LogP contribution >= 0.6 is 0 Å². The minimum absolute atomic E-state index is 0.0658. The molecule has 0 aliphatic carbocycles. The number of rotatable bonds is 13. The molecule has 4 aliphatic rings. The van der Waals surface area contributed by atoms with Gasteiger partial charge in [0, 0.05) is 50.4 Å². The number of nitrogens with zero attached hydrogens (tertiary/aromatic N) is 8. The Morgan fingerprint density at radius 1 is 0.800 bits per heavy atom. The van der Waals surface area contributed by atoms with Crippen molar-refractivity contribution in [1.82, 2.24) is 34.4 Å². The number of hydrogen-bond acceptors (Lipinski definition) is 13. The van der Waals surface area contributed by atoms with Gasteiger partial charge in [-0.2, -0.15) is 5.10 Å². The topological polar surface area (TPSA) is 223 Å². The van der Waals surface area contributed by atoms with E-state index in [2.05, 4.69) is 30.7 Å². The van der Waals surface area contributed by atoms with E-state index in [-0.39, 0.29) is 50.9 Å². The monoisotopic (exact) mass is 961 g/mol. The molecule has 3 atom stereocenters. The van der Waals surface area contributed by atoms with E-state index in [4.69, 9.17) is 9.47 Å². The number of benzene rings is 3. The molecule has 10 rings (SSSR count). The van der Waals surface area contributed by atoms with E-state index < -0.39 is 47.4 Å². The van der Waals surface area contributed by atoms with Crippen LogP contribution in [0.2, 0.25) is 0 Å². The number of morpholine rings is 2. The van der Waals surface area contributed by atoms with Gasteiger partial charge in [0.15, 0.2) is 5.65 Å². The number of ether oxygens (including phenoxy) is 2. The van der Waals surface area contributed by atoms with Crippen LogP contribution in [0.25, 0.3) is 16.7 Å². The fourth-order valence-electron chi connectivity index (χ4n) is 9.36.